The third-order valence-electron chi connectivity index (χ3n) is 3.44. The van der Waals surface area contributed by atoms with Crippen LogP contribution >= 0.6 is 22.7 Å². The molecule has 0 bridgehead atoms. The Labute approximate surface area is 140 Å². The van der Waals surface area contributed by atoms with Gasteiger partial charge in [-0.1, -0.05) is 6.07 Å². The number of carbonyl (C=O) groups excluding carboxylic acids is 1. The molecule has 0 saturated heterocycles. The third kappa shape index (κ3) is 3.66. The van der Waals surface area contributed by atoms with Gasteiger partial charge in [0.1, 0.15) is 4.83 Å². The van der Waals surface area contributed by atoms with Crippen LogP contribution in [-0.4, -0.2) is 28.0 Å². The number of rotatable bonds is 6. The molecule has 0 aliphatic carbocycles. The monoisotopic (exact) mass is 348 g/mol. The molecule has 8 heteroatoms. The summed E-state index contributed by atoms with van der Waals surface area (Å²) in [6.07, 6.45) is 2.03. The first-order chi connectivity index (χ1) is 11.1. The average molecular weight is 348 g/mol. The van der Waals surface area contributed by atoms with Crippen LogP contribution < -0.4 is 16.6 Å². The van der Waals surface area contributed by atoms with E-state index in [0.29, 0.717) is 24.9 Å². The van der Waals surface area contributed by atoms with E-state index >= 15 is 0 Å². The van der Waals surface area contributed by atoms with Crippen LogP contribution in [0.4, 0.5) is 0 Å². The standard InChI is InChI=1S/C15H16N4O2S2/c16-12(8-10-2-1-6-22-10)13(20)17-4-5-19-9-18-14-11(15(19)21)3-7-23-14/h1-3,6-7,9,12H,4-5,8,16H2,(H,17,20). The number of nitrogens with one attached hydrogen (secondary N) is 1. The fourth-order valence-corrected chi connectivity index (χ4v) is 3.71. The molecular weight excluding hydrogens is 332 g/mol. The summed E-state index contributed by atoms with van der Waals surface area (Å²) in [5.41, 5.74) is 5.80. The molecule has 0 fully saturated rings. The number of fused-ring (bicyclic) bond motifs is 1. The molecule has 3 heterocycles. The van der Waals surface area contributed by atoms with E-state index in [-0.39, 0.29) is 11.5 Å². The summed E-state index contributed by atoms with van der Waals surface area (Å²) >= 11 is 3.02. The van der Waals surface area contributed by atoms with E-state index in [1.807, 2.05) is 22.9 Å². The van der Waals surface area contributed by atoms with Gasteiger partial charge >= 0.3 is 0 Å². The molecular formula is C15H16N4O2S2. The molecule has 0 aromatic carbocycles. The molecule has 1 amide bonds. The Kier molecular flexibility index (Phi) is 4.85. The molecule has 0 radical (unpaired) electrons. The van der Waals surface area contributed by atoms with Gasteiger partial charge in [0.15, 0.2) is 0 Å². The molecule has 3 rings (SSSR count). The van der Waals surface area contributed by atoms with Crippen LogP contribution in [0.25, 0.3) is 10.2 Å². The Morgan fingerprint density at radius 3 is 3.00 bits per heavy atom. The van der Waals surface area contributed by atoms with Crippen molar-refractivity contribution in [2.45, 2.75) is 19.0 Å². The van der Waals surface area contributed by atoms with Gasteiger partial charge < -0.3 is 11.1 Å². The topological polar surface area (TPSA) is 90.0 Å². The van der Waals surface area contributed by atoms with Crippen LogP contribution in [0.1, 0.15) is 4.88 Å². The lowest BCUT2D eigenvalue weighted by atomic mass is 10.2. The molecule has 0 aliphatic rings. The van der Waals surface area contributed by atoms with Gasteiger partial charge in [-0.2, -0.15) is 0 Å². The number of carbonyl (C=O) groups is 1. The van der Waals surface area contributed by atoms with E-state index in [1.54, 1.807) is 17.4 Å². The van der Waals surface area contributed by atoms with E-state index in [0.717, 1.165) is 9.71 Å². The maximum absolute atomic E-state index is 12.2. The summed E-state index contributed by atoms with van der Waals surface area (Å²) < 4.78 is 1.50. The zero-order chi connectivity index (χ0) is 16.2. The summed E-state index contributed by atoms with van der Waals surface area (Å²) in [5.74, 6) is -0.212. The van der Waals surface area contributed by atoms with Crippen LogP contribution in [0.3, 0.4) is 0 Å². The molecule has 3 aromatic rings. The van der Waals surface area contributed by atoms with E-state index in [2.05, 4.69) is 10.3 Å². The smallest absolute Gasteiger partial charge is 0.262 e. The Morgan fingerprint density at radius 2 is 2.22 bits per heavy atom. The van der Waals surface area contributed by atoms with Gasteiger partial charge in [0, 0.05) is 24.4 Å². The Morgan fingerprint density at radius 1 is 1.35 bits per heavy atom. The highest BCUT2D eigenvalue weighted by molar-refractivity contribution is 7.16. The number of nitrogens with zero attached hydrogens (tertiary/aromatic N) is 2. The molecule has 120 valence electrons. The number of thiophene rings is 2. The highest BCUT2D eigenvalue weighted by Gasteiger charge is 2.14. The van der Waals surface area contributed by atoms with Crippen molar-refractivity contribution in [3.05, 3.63) is 50.5 Å². The molecule has 23 heavy (non-hydrogen) atoms. The molecule has 0 saturated carbocycles. The summed E-state index contributed by atoms with van der Waals surface area (Å²) in [5, 5.41) is 7.18. The van der Waals surface area contributed by atoms with Crippen LogP contribution in [-0.2, 0) is 17.8 Å². The highest BCUT2D eigenvalue weighted by Crippen LogP contribution is 2.13. The van der Waals surface area contributed by atoms with Crippen molar-refractivity contribution in [3.8, 4) is 0 Å². The molecule has 1 atom stereocenters. The molecule has 3 aromatic heterocycles. The predicted octanol–water partition coefficient (Wildman–Crippen LogP) is 1.21. The largest absolute Gasteiger partial charge is 0.353 e. The quantitative estimate of drug-likeness (QED) is 0.700. The first-order valence-electron chi connectivity index (χ1n) is 7.13. The predicted molar refractivity (Wildman–Crippen MR) is 92.9 cm³/mol. The van der Waals surface area contributed by atoms with Crippen LogP contribution in [0.15, 0.2) is 40.1 Å². The molecule has 3 N–H and O–H groups in total. The number of nitrogens with two attached hydrogens (primary N) is 1. The fraction of sp³-hybridized carbons (Fsp3) is 0.267. The van der Waals surface area contributed by atoms with E-state index < -0.39 is 6.04 Å². The van der Waals surface area contributed by atoms with Crippen molar-refractivity contribution in [1.82, 2.24) is 14.9 Å². The lowest BCUT2D eigenvalue weighted by Crippen LogP contribution is -2.43. The minimum atomic E-state index is -0.581. The minimum absolute atomic E-state index is 0.0895. The maximum atomic E-state index is 12.2. The van der Waals surface area contributed by atoms with E-state index in [9.17, 15) is 9.59 Å². The van der Waals surface area contributed by atoms with Gasteiger partial charge in [-0.25, -0.2) is 4.98 Å². The van der Waals surface area contributed by atoms with Gasteiger partial charge in [-0.05, 0) is 22.9 Å². The van der Waals surface area contributed by atoms with Gasteiger partial charge in [0.25, 0.3) is 5.56 Å². The first-order valence-corrected chi connectivity index (χ1v) is 8.89. The van der Waals surface area contributed by atoms with Crippen LogP contribution in [0.2, 0.25) is 0 Å². The van der Waals surface area contributed by atoms with Crippen molar-refractivity contribution in [2.24, 2.45) is 5.73 Å². The Balaban J connectivity index is 1.54. The zero-order valence-corrected chi connectivity index (χ0v) is 13.9. The number of hydrogen-bond donors (Lipinski definition) is 2. The Bertz CT molecular complexity index is 854. The molecule has 0 spiro atoms. The molecule has 6 nitrogen and oxygen atoms in total. The zero-order valence-electron chi connectivity index (χ0n) is 12.3. The average Bonchev–Trinajstić information content (AvgIpc) is 3.20. The molecule has 0 aliphatic heterocycles. The lowest BCUT2D eigenvalue weighted by Gasteiger charge is -2.12. The number of hydrogen-bond acceptors (Lipinski definition) is 6. The maximum Gasteiger partial charge on any atom is 0.262 e. The normalized spacial score (nSPS) is 12.4. The SMILES string of the molecule is NC(Cc1cccs1)C(=O)NCCn1cnc2sccc2c1=O. The minimum Gasteiger partial charge on any atom is -0.353 e. The van der Waals surface area contributed by atoms with Crippen molar-refractivity contribution in [3.63, 3.8) is 0 Å². The van der Waals surface area contributed by atoms with Crippen molar-refractivity contribution in [2.75, 3.05) is 6.54 Å². The van der Waals surface area contributed by atoms with Crippen molar-refractivity contribution < 1.29 is 4.79 Å². The van der Waals surface area contributed by atoms with Gasteiger partial charge in [0.05, 0.1) is 17.8 Å². The Hall–Kier alpha value is -2.03. The molecule has 1 unspecified atom stereocenters. The van der Waals surface area contributed by atoms with Gasteiger partial charge in [-0.15, -0.1) is 22.7 Å². The second kappa shape index (κ2) is 7.03. The number of amides is 1. The van der Waals surface area contributed by atoms with E-state index in [4.69, 9.17) is 5.73 Å². The van der Waals surface area contributed by atoms with Gasteiger partial charge in [0.2, 0.25) is 5.91 Å². The summed E-state index contributed by atoms with van der Waals surface area (Å²) in [6, 6.07) is 5.08. The second-order valence-electron chi connectivity index (χ2n) is 5.06. The summed E-state index contributed by atoms with van der Waals surface area (Å²) in [7, 11) is 0. The number of aromatic nitrogens is 2. The van der Waals surface area contributed by atoms with Crippen LogP contribution in [0, 0.1) is 0 Å². The third-order valence-corrected chi connectivity index (χ3v) is 5.16. The van der Waals surface area contributed by atoms with Crippen molar-refractivity contribution in [1.29, 1.82) is 0 Å². The van der Waals surface area contributed by atoms with Crippen LogP contribution in [0.5, 0.6) is 0 Å². The highest BCUT2D eigenvalue weighted by atomic mass is 32.1. The van der Waals surface area contributed by atoms with Crippen molar-refractivity contribution >= 4 is 38.8 Å². The summed E-state index contributed by atoms with van der Waals surface area (Å²) in [6.45, 7) is 0.712. The first kappa shape index (κ1) is 15.9. The lowest BCUT2D eigenvalue weighted by molar-refractivity contribution is -0.122. The van der Waals surface area contributed by atoms with E-state index in [1.165, 1.54) is 22.2 Å². The summed E-state index contributed by atoms with van der Waals surface area (Å²) in [4.78, 5) is 30.2. The van der Waals surface area contributed by atoms with Gasteiger partial charge in [-0.3, -0.25) is 14.2 Å². The second-order valence-corrected chi connectivity index (χ2v) is 6.99. The fourth-order valence-electron chi connectivity index (χ4n) is 2.22.